The highest BCUT2D eigenvalue weighted by Gasteiger charge is 2.50. The first kappa shape index (κ1) is 11.4. The predicted octanol–water partition coefficient (Wildman–Crippen LogP) is 3.38. The van der Waals surface area contributed by atoms with Gasteiger partial charge in [-0.25, -0.2) is 0 Å². The first-order valence-electron chi connectivity index (χ1n) is 6.56. The zero-order valence-electron chi connectivity index (χ0n) is 10.3. The van der Waals surface area contributed by atoms with Crippen LogP contribution >= 0.6 is 0 Å². The van der Waals surface area contributed by atoms with Crippen molar-refractivity contribution < 1.29 is 4.74 Å². The Bertz CT molecular complexity index is 247. The van der Waals surface area contributed by atoms with Crippen molar-refractivity contribution in [3.8, 4) is 0 Å². The Balaban J connectivity index is 2.09. The highest BCUT2D eigenvalue weighted by atomic mass is 28.3. The Morgan fingerprint density at radius 1 is 1.27 bits per heavy atom. The van der Waals surface area contributed by atoms with E-state index in [0.29, 0.717) is 11.1 Å². The second kappa shape index (κ2) is 4.42. The minimum atomic E-state index is -0.569. The fraction of sp³-hybridized carbons (Fsp3) is 0.846. The number of hydrogen-bond acceptors (Lipinski definition) is 1. The van der Waals surface area contributed by atoms with Gasteiger partial charge in [-0.15, -0.1) is 0 Å². The van der Waals surface area contributed by atoms with Crippen LogP contribution in [0.3, 0.4) is 0 Å². The average Bonchev–Trinajstić information content (AvgIpc) is 2.78. The fourth-order valence-electron chi connectivity index (χ4n) is 3.79. The predicted molar refractivity (Wildman–Crippen MR) is 68.1 cm³/mol. The minimum Gasteiger partial charge on any atom is -0.378 e. The van der Waals surface area contributed by atoms with Crippen LogP contribution < -0.4 is 0 Å². The van der Waals surface area contributed by atoms with Crippen LogP contribution in [0.15, 0.2) is 12.2 Å². The van der Waals surface area contributed by atoms with E-state index in [0.717, 1.165) is 12.5 Å². The Kier molecular flexibility index (Phi) is 3.36. The summed E-state index contributed by atoms with van der Waals surface area (Å²) in [6.45, 7) is 7.79. The van der Waals surface area contributed by atoms with Gasteiger partial charge in [-0.3, -0.25) is 0 Å². The molecular formula is C13H24OSi. The Labute approximate surface area is 95.5 Å². The molecule has 2 aliphatic rings. The Hall–Kier alpha value is -0.0831. The van der Waals surface area contributed by atoms with E-state index >= 15 is 0 Å². The maximum absolute atomic E-state index is 5.87. The smallest absolute Gasteiger partial charge is 0.0643 e. The lowest BCUT2D eigenvalue weighted by Crippen LogP contribution is -2.29. The van der Waals surface area contributed by atoms with Crippen LogP contribution in [0.5, 0.6) is 0 Å². The van der Waals surface area contributed by atoms with Gasteiger partial charge >= 0.3 is 0 Å². The molecule has 0 aromatic rings. The maximum atomic E-state index is 5.87. The summed E-state index contributed by atoms with van der Waals surface area (Å²) in [7, 11) is -0.569. The summed E-state index contributed by atoms with van der Waals surface area (Å²) in [5.41, 5.74) is 0. The van der Waals surface area contributed by atoms with E-state index in [9.17, 15) is 0 Å². The lowest BCUT2D eigenvalue weighted by atomic mass is 10.0. The summed E-state index contributed by atoms with van der Waals surface area (Å²) < 4.78 is 5.87. The van der Waals surface area contributed by atoms with Gasteiger partial charge in [0, 0.05) is 21.3 Å². The minimum absolute atomic E-state index is 0.549. The number of rotatable bonds is 5. The molecule has 2 bridgehead atoms. The zero-order valence-corrected chi connectivity index (χ0v) is 11.5. The van der Waals surface area contributed by atoms with E-state index < -0.39 is 8.80 Å². The fourth-order valence-corrected chi connectivity index (χ4v) is 7.55. The molecule has 0 N–H and O–H groups in total. The third-order valence-corrected chi connectivity index (χ3v) is 8.79. The van der Waals surface area contributed by atoms with Crippen LogP contribution in [-0.2, 0) is 4.74 Å². The highest BCUT2D eigenvalue weighted by Crippen LogP contribution is 2.58. The van der Waals surface area contributed by atoms with Crippen molar-refractivity contribution in [1.82, 2.24) is 0 Å². The van der Waals surface area contributed by atoms with Crippen LogP contribution in [0.4, 0.5) is 0 Å². The maximum Gasteiger partial charge on any atom is 0.0643 e. The summed E-state index contributed by atoms with van der Waals surface area (Å²) in [6, 6.07) is 2.90. The van der Waals surface area contributed by atoms with Gasteiger partial charge in [0.25, 0.3) is 0 Å². The molecule has 0 saturated heterocycles. The number of fused-ring (bicyclic) bond motifs is 2. The second-order valence-corrected chi connectivity index (χ2v) is 9.35. The molecule has 0 aliphatic heterocycles. The van der Waals surface area contributed by atoms with Crippen LogP contribution in [0, 0.1) is 5.92 Å². The van der Waals surface area contributed by atoms with Crippen molar-refractivity contribution in [3.05, 3.63) is 12.2 Å². The van der Waals surface area contributed by atoms with E-state index in [1.54, 1.807) is 0 Å². The second-order valence-electron chi connectivity index (χ2n) is 5.17. The summed E-state index contributed by atoms with van der Waals surface area (Å²) in [4.78, 5) is 0. The van der Waals surface area contributed by atoms with Gasteiger partial charge in [0.1, 0.15) is 0 Å². The first-order chi connectivity index (χ1) is 7.25. The normalized spacial score (nSPS) is 38.1. The van der Waals surface area contributed by atoms with Gasteiger partial charge in [-0.1, -0.05) is 38.1 Å². The largest absolute Gasteiger partial charge is 0.378 e. The summed E-state index contributed by atoms with van der Waals surface area (Å²) >= 11 is 0. The molecule has 0 amide bonds. The van der Waals surface area contributed by atoms with Crippen molar-refractivity contribution in [1.29, 1.82) is 0 Å². The molecule has 1 saturated carbocycles. The molecule has 0 aromatic heterocycles. The molecule has 2 aliphatic carbocycles. The van der Waals surface area contributed by atoms with Crippen molar-refractivity contribution in [2.24, 2.45) is 5.92 Å². The van der Waals surface area contributed by atoms with Crippen LogP contribution in [0.2, 0.25) is 17.1 Å². The summed E-state index contributed by atoms with van der Waals surface area (Å²) in [6.07, 6.45) is 8.32. The molecule has 86 valence electrons. The van der Waals surface area contributed by atoms with Crippen molar-refractivity contribution in [3.63, 3.8) is 0 Å². The van der Waals surface area contributed by atoms with Crippen LogP contribution in [0.25, 0.3) is 0 Å². The molecule has 0 radical (unpaired) electrons. The molecule has 1 nitrogen and oxygen atoms in total. The van der Waals surface area contributed by atoms with E-state index in [1.165, 1.54) is 24.9 Å². The molecule has 15 heavy (non-hydrogen) atoms. The highest BCUT2D eigenvalue weighted by molar-refractivity contribution is 6.63. The molecule has 3 atom stereocenters. The van der Waals surface area contributed by atoms with Gasteiger partial charge in [-0.05, 0) is 24.8 Å². The van der Waals surface area contributed by atoms with E-state index in [4.69, 9.17) is 4.74 Å². The third-order valence-electron chi connectivity index (χ3n) is 4.53. The van der Waals surface area contributed by atoms with Gasteiger partial charge in [0.2, 0.25) is 0 Å². The third kappa shape index (κ3) is 1.82. The lowest BCUT2D eigenvalue weighted by Gasteiger charge is -2.32. The van der Waals surface area contributed by atoms with Crippen molar-refractivity contribution in [2.45, 2.75) is 56.8 Å². The first-order valence-corrected chi connectivity index (χ1v) is 8.77. The van der Waals surface area contributed by atoms with Crippen molar-refractivity contribution >= 4 is 8.80 Å². The monoisotopic (exact) mass is 224 g/mol. The number of allylic oxidation sites excluding steroid dienone is 1. The standard InChI is InChI=1S/C13H24OSi/c1-4-14-12-10-13(15(5-2)6-3)8-7-11(12)9-13/h7-8,11-12,15H,4-6,9-10H2,1-3H3. The van der Waals surface area contributed by atoms with E-state index in [1.807, 2.05) is 0 Å². The molecule has 3 unspecified atom stereocenters. The zero-order chi connectivity index (χ0) is 10.9. The quantitative estimate of drug-likeness (QED) is 0.514. The van der Waals surface area contributed by atoms with E-state index in [2.05, 4.69) is 32.9 Å². The summed E-state index contributed by atoms with van der Waals surface area (Å²) in [5, 5.41) is 0.633. The molecular weight excluding hydrogens is 200 g/mol. The average molecular weight is 224 g/mol. The Morgan fingerprint density at radius 2 is 2.00 bits per heavy atom. The SMILES string of the molecule is CCOC1CC2([SiH](CC)CC)C=CC1C2. The molecule has 0 spiro atoms. The van der Waals surface area contributed by atoms with E-state index in [-0.39, 0.29) is 0 Å². The Morgan fingerprint density at radius 3 is 2.60 bits per heavy atom. The van der Waals surface area contributed by atoms with Gasteiger partial charge in [0.15, 0.2) is 0 Å². The topological polar surface area (TPSA) is 9.23 Å². The molecule has 2 heteroatoms. The summed E-state index contributed by atoms with van der Waals surface area (Å²) in [5.74, 6) is 0.748. The van der Waals surface area contributed by atoms with Gasteiger partial charge in [-0.2, -0.15) is 0 Å². The molecule has 0 aromatic carbocycles. The number of hydrogen-bond donors (Lipinski definition) is 0. The number of ether oxygens (including phenoxy) is 1. The van der Waals surface area contributed by atoms with Crippen molar-refractivity contribution in [2.75, 3.05) is 6.61 Å². The van der Waals surface area contributed by atoms with Crippen LogP contribution in [0.1, 0.15) is 33.6 Å². The molecule has 1 fully saturated rings. The van der Waals surface area contributed by atoms with Gasteiger partial charge < -0.3 is 4.74 Å². The lowest BCUT2D eigenvalue weighted by molar-refractivity contribution is 0.0459. The molecule has 0 heterocycles. The van der Waals surface area contributed by atoms with Gasteiger partial charge in [0.05, 0.1) is 6.10 Å². The molecule has 2 rings (SSSR count). The van der Waals surface area contributed by atoms with Crippen LogP contribution in [-0.4, -0.2) is 21.5 Å².